The Morgan fingerprint density at radius 3 is 2.69 bits per heavy atom. The summed E-state index contributed by atoms with van der Waals surface area (Å²) in [6.45, 7) is 4.30. The van der Waals surface area contributed by atoms with Crippen molar-refractivity contribution in [2.24, 2.45) is 0 Å². The van der Waals surface area contributed by atoms with Crippen molar-refractivity contribution in [1.82, 2.24) is 15.5 Å². The molecule has 6 nitrogen and oxygen atoms in total. The average Bonchev–Trinajstić information content (AvgIpc) is 2.57. The minimum atomic E-state index is -0.473. The molecular weight excluding hydrogens is 361 g/mol. The third-order valence-electron chi connectivity index (χ3n) is 4.06. The number of hydrogen-bond donors (Lipinski definition) is 2. The molecule has 2 N–H and O–H groups in total. The molecule has 0 saturated heterocycles. The van der Waals surface area contributed by atoms with Gasteiger partial charge >= 0.3 is 12.0 Å². The van der Waals surface area contributed by atoms with Gasteiger partial charge in [-0.1, -0.05) is 24.6 Å². The molecule has 1 aliphatic rings. The predicted molar refractivity (Wildman–Crippen MR) is 97.1 cm³/mol. The lowest BCUT2D eigenvalue weighted by molar-refractivity contribution is -0.139. The van der Waals surface area contributed by atoms with Gasteiger partial charge in [-0.2, -0.15) is 0 Å². The zero-order chi connectivity index (χ0) is 19.3. The second-order valence-corrected chi connectivity index (χ2v) is 6.45. The lowest BCUT2D eigenvalue weighted by Gasteiger charge is -2.30. The third kappa shape index (κ3) is 4.74. The molecule has 1 atom stereocenters. The zero-order valence-corrected chi connectivity index (χ0v) is 15.8. The predicted octanol–water partition coefficient (Wildman–Crippen LogP) is 2.82. The Labute approximate surface area is 157 Å². The largest absolute Gasteiger partial charge is 0.463 e. The standard InChI is InChI=1S/C18H23ClFN3O3/c1-4-14-16(17(24)26-5-2)15(22-18(25)21-14)10-23(3)9-11-12(19)7-6-8-13(11)20/h6-8,14H,4-5,9-10H2,1-3H3,(H2,21,22,25)/t14-/m1/s1. The van der Waals surface area contributed by atoms with Crippen LogP contribution in [0.25, 0.3) is 0 Å². The van der Waals surface area contributed by atoms with E-state index >= 15 is 0 Å². The molecule has 0 aliphatic carbocycles. The van der Waals surface area contributed by atoms with Gasteiger partial charge in [0.05, 0.1) is 18.2 Å². The molecule has 1 aromatic rings. The number of carbonyl (C=O) groups is 2. The fourth-order valence-corrected chi connectivity index (χ4v) is 3.09. The average molecular weight is 384 g/mol. The number of likely N-dealkylation sites (N-methyl/N-ethyl adjacent to an activating group) is 1. The van der Waals surface area contributed by atoms with Gasteiger partial charge < -0.3 is 15.4 Å². The highest BCUT2D eigenvalue weighted by Crippen LogP contribution is 2.22. The minimum Gasteiger partial charge on any atom is -0.463 e. The quantitative estimate of drug-likeness (QED) is 0.710. The number of nitrogens with one attached hydrogen (secondary N) is 2. The number of amides is 2. The van der Waals surface area contributed by atoms with Crippen molar-refractivity contribution < 1.29 is 18.7 Å². The van der Waals surface area contributed by atoms with Crippen molar-refractivity contribution in [3.05, 3.63) is 45.9 Å². The van der Waals surface area contributed by atoms with Crippen LogP contribution in [-0.4, -0.2) is 43.1 Å². The number of nitrogens with zero attached hydrogens (tertiary/aromatic N) is 1. The number of urea groups is 1. The van der Waals surface area contributed by atoms with E-state index in [1.807, 2.05) is 6.92 Å². The summed E-state index contributed by atoms with van der Waals surface area (Å²) in [5, 5.41) is 5.73. The lowest BCUT2D eigenvalue weighted by Crippen LogP contribution is -2.51. The summed E-state index contributed by atoms with van der Waals surface area (Å²) >= 11 is 6.07. The molecular formula is C18H23ClFN3O3. The maximum absolute atomic E-state index is 14.0. The van der Waals surface area contributed by atoms with Crippen LogP contribution in [0.4, 0.5) is 9.18 Å². The first-order valence-electron chi connectivity index (χ1n) is 8.46. The van der Waals surface area contributed by atoms with Crippen molar-refractivity contribution in [1.29, 1.82) is 0 Å². The van der Waals surface area contributed by atoms with E-state index in [0.29, 0.717) is 28.3 Å². The second kappa shape index (κ2) is 9.00. The molecule has 1 aliphatic heterocycles. The fourth-order valence-electron chi connectivity index (χ4n) is 2.87. The number of halogens is 2. The van der Waals surface area contributed by atoms with E-state index in [-0.39, 0.29) is 25.7 Å². The van der Waals surface area contributed by atoms with E-state index in [0.717, 1.165) is 0 Å². The first-order chi connectivity index (χ1) is 12.4. The topological polar surface area (TPSA) is 70.7 Å². The Balaban J connectivity index is 2.26. The monoisotopic (exact) mass is 383 g/mol. The molecule has 0 radical (unpaired) electrons. The van der Waals surface area contributed by atoms with Gasteiger partial charge in [0.25, 0.3) is 0 Å². The van der Waals surface area contributed by atoms with Crippen LogP contribution in [0.15, 0.2) is 29.5 Å². The van der Waals surface area contributed by atoms with Gasteiger partial charge in [0.15, 0.2) is 0 Å². The van der Waals surface area contributed by atoms with Crippen molar-refractivity contribution in [2.75, 3.05) is 20.2 Å². The van der Waals surface area contributed by atoms with Gasteiger partial charge in [-0.05, 0) is 32.5 Å². The highest BCUT2D eigenvalue weighted by molar-refractivity contribution is 6.31. The molecule has 0 aromatic heterocycles. The van der Waals surface area contributed by atoms with E-state index in [9.17, 15) is 14.0 Å². The molecule has 0 saturated carbocycles. The van der Waals surface area contributed by atoms with Gasteiger partial charge in [0, 0.05) is 29.4 Å². The summed E-state index contributed by atoms with van der Waals surface area (Å²) in [4.78, 5) is 26.0. The Hall–Kier alpha value is -2.12. The van der Waals surface area contributed by atoms with Crippen LogP contribution in [0.5, 0.6) is 0 Å². The molecule has 0 unspecified atom stereocenters. The normalized spacial score (nSPS) is 17.2. The van der Waals surface area contributed by atoms with Crippen LogP contribution in [0.1, 0.15) is 25.8 Å². The number of ether oxygens (including phenoxy) is 1. The van der Waals surface area contributed by atoms with Gasteiger partial charge in [0.2, 0.25) is 0 Å². The Bertz CT molecular complexity index is 703. The number of benzene rings is 1. The van der Waals surface area contributed by atoms with Crippen LogP contribution < -0.4 is 10.6 Å². The van der Waals surface area contributed by atoms with Crippen molar-refractivity contribution in [3.8, 4) is 0 Å². The molecule has 1 aromatic carbocycles. The third-order valence-corrected chi connectivity index (χ3v) is 4.42. The Morgan fingerprint density at radius 2 is 2.08 bits per heavy atom. The van der Waals surface area contributed by atoms with E-state index in [2.05, 4.69) is 10.6 Å². The maximum Gasteiger partial charge on any atom is 0.337 e. The van der Waals surface area contributed by atoms with Gasteiger partial charge in [0.1, 0.15) is 5.82 Å². The molecule has 0 spiro atoms. The maximum atomic E-state index is 14.0. The van der Waals surface area contributed by atoms with Crippen molar-refractivity contribution in [2.45, 2.75) is 32.9 Å². The van der Waals surface area contributed by atoms with Crippen LogP contribution in [0.2, 0.25) is 5.02 Å². The second-order valence-electron chi connectivity index (χ2n) is 6.04. The molecule has 0 bridgehead atoms. The van der Waals surface area contributed by atoms with Gasteiger partial charge in [-0.15, -0.1) is 0 Å². The van der Waals surface area contributed by atoms with Gasteiger partial charge in [-0.3, -0.25) is 4.90 Å². The fraction of sp³-hybridized carbons (Fsp3) is 0.444. The Morgan fingerprint density at radius 1 is 1.35 bits per heavy atom. The Kier molecular flexibility index (Phi) is 6.99. The highest BCUT2D eigenvalue weighted by atomic mass is 35.5. The SMILES string of the molecule is CCOC(=O)C1=C(CN(C)Cc2c(F)cccc2Cl)NC(=O)N[C@@H]1CC. The summed E-state index contributed by atoms with van der Waals surface area (Å²) < 4.78 is 19.1. The summed E-state index contributed by atoms with van der Waals surface area (Å²) in [7, 11) is 1.76. The molecule has 142 valence electrons. The van der Waals surface area contributed by atoms with Crippen LogP contribution >= 0.6 is 11.6 Å². The first-order valence-corrected chi connectivity index (χ1v) is 8.84. The van der Waals surface area contributed by atoms with Crippen LogP contribution in [0.3, 0.4) is 0 Å². The number of hydrogen-bond acceptors (Lipinski definition) is 4. The summed E-state index contributed by atoms with van der Waals surface area (Å²) in [6, 6.07) is 3.70. The minimum absolute atomic E-state index is 0.227. The van der Waals surface area contributed by atoms with Crippen LogP contribution in [-0.2, 0) is 16.1 Å². The van der Waals surface area contributed by atoms with E-state index in [1.54, 1.807) is 31.0 Å². The van der Waals surface area contributed by atoms with E-state index in [4.69, 9.17) is 16.3 Å². The first kappa shape index (κ1) is 20.2. The van der Waals surface area contributed by atoms with Gasteiger partial charge in [-0.25, -0.2) is 14.0 Å². The smallest absolute Gasteiger partial charge is 0.337 e. The molecule has 26 heavy (non-hydrogen) atoms. The molecule has 0 fully saturated rings. The number of carbonyl (C=O) groups excluding carboxylic acids is 2. The van der Waals surface area contributed by atoms with Crippen LogP contribution in [0, 0.1) is 5.82 Å². The van der Waals surface area contributed by atoms with Crippen molar-refractivity contribution >= 4 is 23.6 Å². The zero-order valence-electron chi connectivity index (χ0n) is 15.1. The molecule has 2 amide bonds. The number of esters is 1. The molecule has 1 heterocycles. The summed E-state index contributed by atoms with van der Waals surface area (Å²) in [5.74, 6) is -0.871. The van der Waals surface area contributed by atoms with Crippen molar-refractivity contribution in [3.63, 3.8) is 0 Å². The summed E-state index contributed by atoms with van der Waals surface area (Å²) in [6.07, 6.45) is 0.550. The van der Waals surface area contributed by atoms with E-state index < -0.39 is 17.8 Å². The highest BCUT2D eigenvalue weighted by Gasteiger charge is 2.31. The number of rotatable bonds is 7. The summed E-state index contributed by atoms with van der Waals surface area (Å²) in [5.41, 5.74) is 1.21. The lowest BCUT2D eigenvalue weighted by atomic mass is 10.00. The molecule has 8 heteroatoms. The van der Waals surface area contributed by atoms with E-state index in [1.165, 1.54) is 6.07 Å². The molecule has 2 rings (SSSR count).